The van der Waals surface area contributed by atoms with Gasteiger partial charge in [-0.2, -0.15) is 0 Å². The van der Waals surface area contributed by atoms with Gasteiger partial charge in [-0.1, -0.05) is 6.92 Å². The van der Waals surface area contributed by atoms with Crippen LogP contribution in [0.15, 0.2) is 0 Å². The highest BCUT2D eigenvalue weighted by atomic mass is 16.3. The second-order valence-corrected chi connectivity index (χ2v) is 7.68. The van der Waals surface area contributed by atoms with Gasteiger partial charge >= 0.3 is 0 Å². The van der Waals surface area contributed by atoms with Crippen molar-refractivity contribution in [2.24, 2.45) is 11.8 Å². The molecule has 0 amide bonds. The number of likely N-dealkylation sites (tertiary alicyclic amines) is 1. The third-order valence-electron chi connectivity index (χ3n) is 5.49. The van der Waals surface area contributed by atoms with E-state index in [1.165, 1.54) is 58.4 Å². The van der Waals surface area contributed by atoms with Crippen LogP contribution in [-0.4, -0.2) is 84.8 Å². The minimum atomic E-state index is -0.173. The molecule has 1 saturated carbocycles. The maximum absolute atomic E-state index is 10.3. The molecule has 1 atom stereocenters. The second kappa shape index (κ2) is 7.40. The first-order valence-corrected chi connectivity index (χ1v) is 9.04. The zero-order chi connectivity index (χ0) is 14.7. The molecular weight excluding hydrogens is 262 g/mol. The summed E-state index contributed by atoms with van der Waals surface area (Å²) in [5.41, 5.74) is 0. The lowest BCUT2D eigenvalue weighted by atomic mass is 9.99. The molecular formula is C17H33N3O. The lowest BCUT2D eigenvalue weighted by Gasteiger charge is -2.37. The number of piperidine rings is 1. The minimum absolute atomic E-state index is 0.173. The van der Waals surface area contributed by atoms with Crippen molar-refractivity contribution in [2.45, 2.75) is 38.7 Å². The standard InChI is InChI=1S/C17H33N3O/c1-15-4-6-18(7-5-15)13-17(21)14-20-10-8-19(9-11-20)12-16-2-3-16/h15-17,21H,2-14H2,1H3. The third kappa shape index (κ3) is 5.20. The van der Waals surface area contributed by atoms with Crippen molar-refractivity contribution in [2.75, 3.05) is 58.9 Å². The first-order valence-electron chi connectivity index (χ1n) is 9.04. The molecule has 1 aliphatic carbocycles. The Bertz CT molecular complexity index is 305. The predicted molar refractivity (Wildman–Crippen MR) is 86.4 cm³/mol. The fourth-order valence-electron chi connectivity index (χ4n) is 3.72. The van der Waals surface area contributed by atoms with Crippen LogP contribution in [0.3, 0.4) is 0 Å². The Morgan fingerprint density at radius 3 is 1.90 bits per heavy atom. The Labute approximate surface area is 130 Å². The lowest BCUT2D eigenvalue weighted by Crippen LogP contribution is -2.50. The van der Waals surface area contributed by atoms with Gasteiger partial charge in [0, 0.05) is 45.8 Å². The molecule has 3 rings (SSSR count). The molecule has 0 aromatic heterocycles. The van der Waals surface area contributed by atoms with Crippen LogP contribution >= 0.6 is 0 Å². The molecule has 0 spiro atoms. The first kappa shape index (κ1) is 15.7. The number of nitrogens with zero attached hydrogens (tertiary/aromatic N) is 3. The Morgan fingerprint density at radius 1 is 0.810 bits per heavy atom. The maximum atomic E-state index is 10.3. The molecule has 2 heterocycles. The van der Waals surface area contributed by atoms with Crippen molar-refractivity contribution >= 4 is 0 Å². The zero-order valence-electron chi connectivity index (χ0n) is 13.7. The molecule has 0 aromatic rings. The monoisotopic (exact) mass is 295 g/mol. The van der Waals surface area contributed by atoms with E-state index in [1.807, 2.05) is 0 Å². The number of aliphatic hydroxyl groups is 1. The number of rotatable bonds is 6. The number of aliphatic hydroxyl groups excluding tert-OH is 1. The molecule has 2 saturated heterocycles. The van der Waals surface area contributed by atoms with E-state index in [2.05, 4.69) is 21.6 Å². The average molecular weight is 295 g/mol. The van der Waals surface area contributed by atoms with Gasteiger partial charge in [0.15, 0.2) is 0 Å². The molecule has 3 fully saturated rings. The smallest absolute Gasteiger partial charge is 0.0793 e. The van der Waals surface area contributed by atoms with Crippen LogP contribution in [0.4, 0.5) is 0 Å². The van der Waals surface area contributed by atoms with Gasteiger partial charge in [-0.15, -0.1) is 0 Å². The zero-order valence-corrected chi connectivity index (χ0v) is 13.7. The largest absolute Gasteiger partial charge is 0.390 e. The molecule has 4 heteroatoms. The highest BCUT2D eigenvalue weighted by molar-refractivity contribution is 4.82. The van der Waals surface area contributed by atoms with Crippen LogP contribution in [0.5, 0.6) is 0 Å². The van der Waals surface area contributed by atoms with Crippen molar-refractivity contribution < 1.29 is 5.11 Å². The number of piperazine rings is 1. The Balaban J connectivity index is 1.30. The minimum Gasteiger partial charge on any atom is -0.390 e. The maximum Gasteiger partial charge on any atom is 0.0793 e. The van der Waals surface area contributed by atoms with E-state index in [-0.39, 0.29) is 6.10 Å². The van der Waals surface area contributed by atoms with E-state index >= 15 is 0 Å². The summed E-state index contributed by atoms with van der Waals surface area (Å²) < 4.78 is 0. The first-order chi connectivity index (χ1) is 10.2. The van der Waals surface area contributed by atoms with Crippen molar-refractivity contribution in [3.63, 3.8) is 0 Å². The molecule has 0 bridgehead atoms. The van der Waals surface area contributed by atoms with E-state index < -0.39 is 0 Å². The molecule has 3 aliphatic rings. The fourth-order valence-corrected chi connectivity index (χ4v) is 3.72. The van der Waals surface area contributed by atoms with Gasteiger partial charge in [-0.05, 0) is 50.6 Å². The highest BCUT2D eigenvalue weighted by Crippen LogP contribution is 2.29. The summed E-state index contributed by atoms with van der Waals surface area (Å²) in [6, 6.07) is 0. The molecule has 1 N–H and O–H groups in total. The van der Waals surface area contributed by atoms with Gasteiger partial charge in [-0.25, -0.2) is 0 Å². The number of hydrogen-bond acceptors (Lipinski definition) is 4. The summed E-state index contributed by atoms with van der Waals surface area (Å²) in [5.74, 6) is 1.88. The summed E-state index contributed by atoms with van der Waals surface area (Å²) in [4.78, 5) is 7.53. The fraction of sp³-hybridized carbons (Fsp3) is 1.00. The average Bonchev–Trinajstić information content (AvgIpc) is 3.28. The van der Waals surface area contributed by atoms with Gasteiger partial charge in [-0.3, -0.25) is 4.90 Å². The quantitative estimate of drug-likeness (QED) is 0.795. The van der Waals surface area contributed by atoms with Gasteiger partial charge in [0.1, 0.15) is 0 Å². The molecule has 4 nitrogen and oxygen atoms in total. The van der Waals surface area contributed by atoms with Gasteiger partial charge < -0.3 is 14.9 Å². The molecule has 2 aliphatic heterocycles. The molecule has 0 aromatic carbocycles. The Kier molecular flexibility index (Phi) is 5.54. The van der Waals surface area contributed by atoms with Crippen molar-refractivity contribution in [1.29, 1.82) is 0 Å². The summed E-state index contributed by atoms with van der Waals surface area (Å²) in [6.45, 7) is 12.4. The third-order valence-corrected chi connectivity index (χ3v) is 5.49. The van der Waals surface area contributed by atoms with Crippen LogP contribution < -0.4 is 0 Å². The molecule has 122 valence electrons. The molecule has 21 heavy (non-hydrogen) atoms. The topological polar surface area (TPSA) is 30.0 Å². The molecule has 1 unspecified atom stereocenters. The Morgan fingerprint density at radius 2 is 1.33 bits per heavy atom. The Hall–Kier alpha value is -0.160. The highest BCUT2D eigenvalue weighted by Gasteiger charge is 2.27. The van der Waals surface area contributed by atoms with Crippen molar-refractivity contribution in [3.05, 3.63) is 0 Å². The summed E-state index contributed by atoms with van der Waals surface area (Å²) in [7, 11) is 0. The van der Waals surface area contributed by atoms with E-state index in [0.29, 0.717) is 0 Å². The van der Waals surface area contributed by atoms with Crippen LogP contribution in [0, 0.1) is 11.8 Å². The summed E-state index contributed by atoms with van der Waals surface area (Å²) >= 11 is 0. The summed E-state index contributed by atoms with van der Waals surface area (Å²) in [5, 5.41) is 10.3. The van der Waals surface area contributed by atoms with Crippen LogP contribution in [-0.2, 0) is 0 Å². The predicted octanol–water partition coefficient (Wildman–Crippen LogP) is 1.11. The SMILES string of the molecule is CC1CCN(CC(O)CN2CCN(CC3CC3)CC2)CC1. The van der Waals surface area contributed by atoms with Gasteiger partial charge in [0.05, 0.1) is 6.10 Å². The van der Waals surface area contributed by atoms with Crippen molar-refractivity contribution in [1.82, 2.24) is 14.7 Å². The number of β-amino-alcohol motifs (C(OH)–C–C–N with tert-alkyl or cyclic N) is 1. The number of hydrogen-bond donors (Lipinski definition) is 1. The normalized spacial score (nSPS) is 28.9. The second-order valence-electron chi connectivity index (χ2n) is 7.68. The van der Waals surface area contributed by atoms with E-state index in [0.717, 1.165) is 38.0 Å². The van der Waals surface area contributed by atoms with E-state index in [1.54, 1.807) is 0 Å². The molecule has 0 radical (unpaired) electrons. The van der Waals surface area contributed by atoms with Gasteiger partial charge in [0.25, 0.3) is 0 Å². The van der Waals surface area contributed by atoms with Crippen LogP contribution in [0.2, 0.25) is 0 Å². The van der Waals surface area contributed by atoms with E-state index in [4.69, 9.17) is 0 Å². The van der Waals surface area contributed by atoms with Gasteiger partial charge in [0.2, 0.25) is 0 Å². The van der Waals surface area contributed by atoms with Crippen LogP contribution in [0.1, 0.15) is 32.6 Å². The lowest BCUT2D eigenvalue weighted by molar-refractivity contribution is 0.0421. The van der Waals surface area contributed by atoms with E-state index in [9.17, 15) is 5.11 Å². The van der Waals surface area contributed by atoms with Crippen LogP contribution in [0.25, 0.3) is 0 Å². The van der Waals surface area contributed by atoms with Crippen molar-refractivity contribution in [3.8, 4) is 0 Å². The summed E-state index contributed by atoms with van der Waals surface area (Å²) in [6.07, 6.45) is 5.33.